The number of aryl methyl sites for hydroxylation is 1. The van der Waals surface area contributed by atoms with Crippen molar-refractivity contribution in [1.82, 2.24) is 5.32 Å². The first-order chi connectivity index (χ1) is 7.79. The van der Waals surface area contributed by atoms with Crippen molar-refractivity contribution in [2.24, 2.45) is 0 Å². The molecule has 0 fully saturated rings. The van der Waals surface area contributed by atoms with E-state index >= 15 is 0 Å². The van der Waals surface area contributed by atoms with Gasteiger partial charge in [-0.2, -0.15) is 0 Å². The summed E-state index contributed by atoms with van der Waals surface area (Å²) in [4.78, 5) is 12.0. The zero-order valence-corrected chi connectivity index (χ0v) is 11.6. The Labute approximate surface area is 104 Å². The smallest absolute Gasteiger partial charge is 0.244 e. The third-order valence-electron chi connectivity index (χ3n) is 3.50. The highest BCUT2D eigenvalue weighted by molar-refractivity contribution is 5.98. The van der Waals surface area contributed by atoms with E-state index in [0.717, 1.165) is 11.3 Å². The average molecular weight is 234 g/mol. The zero-order valence-electron chi connectivity index (χ0n) is 11.6. The van der Waals surface area contributed by atoms with E-state index in [1.807, 2.05) is 32.9 Å². The first-order valence-electron chi connectivity index (χ1n) is 5.86. The number of likely N-dealkylation sites (N-methyl/N-ethyl adjacent to an activating group) is 1. The Kier molecular flexibility index (Phi) is 3.94. The number of hydrogen-bond donors (Lipinski definition) is 2. The standard InChI is InChI=1S/C14H22N2O/c1-9-7-8-12(11(3)10(9)2)16-13(17)14(4,5)15-6/h7-8,15H,1-6H3,(H,16,17). The van der Waals surface area contributed by atoms with Crippen molar-refractivity contribution in [1.29, 1.82) is 0 Å². The van der Waals surface area contributed by atoms with Crippen LogP contribution in [0, 0.1) is 20.8 Å². The summed E-state index contributed by atoms with van der Waals surface area (Å²) in [5, 5.41) is 5.96. The normalized spacial score (nSPS) is 11.4. The van der Waals surface area contributed by atoms with Crippen LogP contribution in [0.2, 0.25) is 0 Å². The molecule has 0 aliphatic carbocycles. The number of rotatable bonds is 3. The topological polar surface area (TPSA) is 41.1 Å². The van der Waals surface area contributed by atoms with Crippen LogP contribution in [0.4, 0.5) is 5.69 Å². The largest absolute Gasteiger partial charge is 0.324 e. The summed E-state index contributed by atoms with van der Waals surface area (Å²) >= 11 is 0. The third-order valence-corrected chi connectivity index (χ3v) is 3.50. The van der Waals surface area contributed by atoms with E-state index in [2.05, 4.69) is 24.5 Å². The van der Waals surface area contributed by atoms with Crippen molar-refractivity contribution in [3.63, 3.8) is 0 Å². The van der Waals surface area contributed by atoms with Gasteiger partial charge in [0.25, 0.3) is 0 Å². The molecule has 17 heavy (non-hydrogen) atoms. The lowest BCUT2D eigenvalue weighted by atomic mass is 10.0. The Morgan fingerprint density at radius 2 is 1.71 bits per heavy atom. The molecule has 94 valence electrons. The maximum absolute atomic E-state index is 12.0. The highest BCUT2D eigenvalue weighted by Gasteiger charge is 2.25. The van der Waals surface area contributed by atoms with Crippen molar-refractivity contribution in [2.75, 3.05) is 12.4 Å². The van der Waals surface area contributed by atoms with E-state index in [1.54, 1.807) is 7.05 Å². The van der Waals surface area contributed by atoms with E-state index < -0.39 is 5.54 Å². The van der Waals surface area contributed by atoms with Crippen molar-refractivity contribution in [3.05, 3.63) is 28.8 Å². The molecule has 0 aromatic heterocycles. The summed E-state index contributed by atoms with van der Waals surface area (Å²) in [6, 6.07) is 3.99. The Bertz CT molecular complexity index is 436. The summed E-state index contributed by atoms with van der Waals surface area (Å²) in [5.41, 5.74) is 3.93. The first kappa shape index (κ1) is 13.7. The minimum atomic E-state index is -0.564. The van der Waals surface area contributed by atoms with Crippen LogP contribution < -0.4 is 10.6 Å². The predicted octanol–water partition coefficient (Wildman–Crippen LogP) is 2.55. The van der Waals surface area contributed by atoms with Gasteiger partial charge < -0.3 is 10.6 Å². The molecule has 0 atom stereocenters. The first-order valence-corrected chi connectivity index (χ1v) is 5.86. The van der Waals surface area contributed by atoms with Gasteiger partial charge in [-0.05, 0) is 64.4 Å². The van der Waals surface area contributed by atoms with Crippen molar-refractivity contribution >= 4 is 11.6 Å². The van der Waals surface area contributed by atoms with E-state index in [1.165, 1.54) is 11.1 Å². The number of hydrogen-bond acceptors (Lipinski definition) is 2. The highest BCUT2D eigenvalue weighted by atomic mass is 16.2. The Balaban J connectivity index is 2.98. The maximum atomic E-state index is 12.0. The number of nitrogens with one attached hydrogen (secondary N) is 2. The number of amides is 1. The van der Waals surface area contributed by atoms with Crippen LogP contribution in [-0.4, -0.2) is 18.5 Å². The molecule has 0 aliphatic heterocycles. The van der Waals surface area contributed by atoms with E-state index in [4.69, 9.17) is 0 Å². The molecule has 0 heterocycles. The fourth-order valence-corrected chi connectivity index (χ4v) is 1.48. The number of benzene rings is 1. The minimum absolute atomic E-state index is 0.0219. The fourth-order valence-electron chi connectivity index (χ4n) is 1.48. The van der Waals surface area contributed by atoms with Crippen LogP contribution in [0.25, 0.3) is 0 Å². The van der Waals surface area contributed by atoms with Gasteiger partial charge in [0, 0.05) is 5.69 Å². The molecule has 0 unspecified atom stereocenters. The SMILES string of the molecule is CNC(C)(C)C(=O)Nc1ccc(C)c(C)c1C. The third kappa shape index (κ3) is 2.86. The number of carbonyl (C=O) groups excluding carboxylic acids is 1. The molecule has 1 rings (SSSR count). The lowest BCUT2D eigenvalue weighted by molar-refractivity contribution is -0.121. The second kappa shape index (κ2) is 4.88. The molecule has 1 amide bonds. The Hall–Kier alpha value is -1.35. The zero-order chi connectivity index (χ0) is 13.2. The summed E-state index contributed by atoms with van der Waals surface area (Å²) in [5.74, 6) is -0.0219. The van der Waals surface area contributed by atoms with Gasteiger partial charge in [-0.15, -0.1) is 0 Å². The van der Waals surface area contributed by atoms with Gasteiger partial charge >= 0.3 is 0 Å². The number of carbonyl (C=O) groups is 1. The molecule has 0 spiro atoms. The molecule has 1 aromatic rings. The van der Waals surface area contributed by atoms with Crippen LogP contribution >= 0.6 is 0 Å². The predicted molar refractivity (Wildman–Crippen MR) is 72.4 cm³/mol. The lowest BCUT2D eigenvalue weighted by Crippen LogP contribution is -2.48. The quantitative estimate of drug-likeness (QED) is 0.844. The molecular weight excluding hydrogens is 212 g/mol. The molecule has 0 saturated carbocycles. The van der Waals surface area contributed by atoms with Gasteiger partial charge in [0.15, 0.2) is 0 Å². The Morgan fingerprint density at radius 3 is 2.24 bits per heavy atom. The minimum Gasteiger partial charge on any atom is -0.324 e. The van der Waals surface area contributed by atoms with E-state index in [0.29, 0.717) is 0 Å². The maximum Gasteiger partial charge on any atom is 0.244 e. The summed E-state index contributed by atoms with van der Waals surface area (Å²) in [6.45, 7) is 9.90. The molecule has 0 bridgehead atoms. The van der Waals surface area contributed by atoms with E-state index in [9.17, 15) is 4.79 Å². The molecule has 3 heteroatoms. The summed E-state index contributed by atoms with van der Waals surface area (Å²) < 4.78 is 0. The number of anilines is 1. The van der Waals surface area contributed by atoms with Crippen LogP contribution in [0.5, 0.6) is 0 Å². The molecular formula is C14H22N2O. The second-order valence-electron chi connectivity index (χ2n) is 5.01. The average Bonchev–Trinajstić information content (AvgIpc) is 2.29. The lowest BCUT2D eigenvalue weighted by Gasteiger charge is -2.23. The summed E-state index contributed by atoms with van der Waals surface area (Å²) in [7, 11) is 1.78. The van der Waals surface area contributed by atoms with E-state index in [-0.39, 0.29) is 5.91 Å². The molecule has 1 aromatic carbocycles. The highest BCUT2D eigenvalue weighted by Crippen LogP contribution is 2.22. The van der Waals surface area contributed by atoms with Crippen LogP contribution in [0.15, 0.2) is 12.1 Å². The molecule has 2 N–H and O–H groups in total. The van der Waals surface area contributed by atoms with Crippen molar-refractivity contribution in [3.8, 4) is 0 Å². The molecule has 3 nitrogen and oxygen atoms in total. The molecule has 0 radical (unpaired) electrons. The molecule has 0 aliphatic rings. The second-order valence-corrected chi connectivity index (χ2v) is 5.01. The van der Waals surface area contributed by atoms with Gasteiger partial charge in [-0.25, -0.2) is 0 Å². The molecule has 0 saturated heterocycles. The van der Waals surface area contributed by atoms with Crippen LogP contribution in [0.1, 0.15) is 30.5 Å². The van der Waals surface area contributed by atoms with Crippen LogP contribution in [-0.2, 0) is 4.79 Å². The monoisotopic (exact) mass is 234 g/mol. The van der Waals surface area contributed by atoms with Crippen molar-refractivity contribution in [2.45, 2.75) is 40.2 Å². The fraction of sp³-hybridized carbons (Fsp3) is 0.500. The van der Waals surface area contributed by atoms with Crippen molar-refractivity contribution < 1.29 is 4.79 Å². The Morgan fingerprint density at radius 1 is 1.12 bits per heavy atom. The van der Waals surface area contributed by atoms with Gasteiger partial charge in [0.1, 0.15) is 0 Å². The van der Waals surface area contributed by atoms with Gasteiger partial charge in [-0.3, -0.25) is 4.79 Å². The van der Waals surface area contributed by atoms with Gasteiger partial charge in [0.2, 0.25) is 5.91 Å². The van der Waals surface area contributed by atoms with Gasteiger partial charge in [0.05, 0.1) is 5.54 Å². The van der Waals surface area contributed by atoms with Crippen LogP contribution in [0.3, 0.4) is 0 Å². The summed E-state index contributed by atoms with van der Waals surface area (Å²) in [6.07, 6.45) is 0. The van der Waals surface area contributed by atoms with Gasteiger partial charge in [-0.1, -0.05) is 6.07 Å².